The number of ether oxygens (including phenoxy) is 1. The van der Waals surface area contributed by atoms with E-state index < -0.39 is 0 Å². The average molecular weight is 228 g/mol. The molecule has 0 radical (unpaired) electrons. The Morgan fingerprint density at radius 1 is 1.12 bits per heavy atom. The Labute approximate surface area is 101 Å². The minimum Gasteiger partial charge on any atom is -0.508 e. The maximum Gasteiger partial charge on any atom is 0.123 e. The van der Waals surface area contributed by atoms with Gasteiger partial charge in [-0.25, -0.2) is 0 Å². The average Bonchev–Trinajstić information content (AvgIpc) is 2.35. The third kappa shape index (κ3) is 2.59. The lowest BCUT2D eigenvalue weighted by Gasteiger charge is -2.11. The van der Waals surface area contributed by atoms with E-state index in [0.717, 1.165) is 17.5 Å². The Morgan fingerprint density at radius 2 is 1.82 bits per heavy atom. The molecule has 0 fully saturated rings. The number of rotatable bonds is 3. The molecule has 0 saturated carbocycles. The van der Waals surface area contributed by atoms with Crippen molar-refractivity contribution < 1.29 is 9.84 Å². The number of hydrogen-bond donors (Lipinski definition) is 1. The second-order valence-electron chi connectivity index (χ2n) is 4.10. The van der Waals surface area contributed by atoms with Crippen LogP contribution in [-0.2, 0) is 6.42 Å². The first-order valence-electron chi connectivity index (χ1n) is 5.61. The van der Waals surface area contributed by atoms with Crippen molar-refractivity contribution in [2.24, 2.45) is 0 Å². The van der Waals surface area contributed by atoms with Gasteiger partial charge >= 0.3 is 0 Å². The molecular weight excluding hydrogens is 212 g/mol. The summed E-state index contributed by atoms with van der Waals surface area (Å²) in [6.45, 7) is 1.99. The van der Waals surface area contributed by atoms with Gasteiger partial charge in [0.25, 0.3) is 0 Å². The lowest BCUT2D eigenvalue weighted by atomic mass is 9.99. The van der Waals surface area contributed by atoms with Crippen LogP contribution in [0.3, 0.4) is 0 Å². The summed E-state index contributed by atoms with van der Waals surface area (Å²) in [5.74, 6) is 0.988. The number of phenolic OH excluding ortho intramolecular Hbond substituents is 1. The minimum absolute atomic E-state index is 0.297. The van der Waals surface area contributed by atoms with Crippen LogP contribution in [0, 0.1) is 6.92 Å². The zero-order valence-electron chi connectivity index (χ0n) is 10.1. The van der Waals surface area contributed by atoms with E-state index in [1.165, 1.54) is 5.56 Å². The molecule has 0 amide bonds. The van der Waals surface area contributed by atoms with E-state index in [2.05, 4.69) is 12.1 Å². The first-order valence-corrected chi connectivity index (χ1v) is 5.61. The summed E-state index contributed by atoms with van der Waals surface area (Å²) < 4.78 is 5.12. The smallest absolute Gasteiger partial charge is 0.123 e. The number of hydrogen-bond acceptors (Lipinski definition) is 2. The fourth-order valence-corrected chi connectivity index (χ4v) is 1.91. The number of benzene rings is 2. The van der Waals surface area contributed by atoms with E-state index in [-0.39, 0.29) is 0 Å². The van der Waals surface area contributed by atoms with Gasteiger partial charge in [-0.3, -0.25) is 0 Å². The maximum absolute atomic E-state index is 9.98. The van der Waals surface area contributed by atoms with Crippen molar-refractivity contribution >= 4 is 0 Å². The first-order chi connectivity index (χ1) is 8.20. The van der Waals surface area contributed by atoms with Crippen LogP contribution < -0.4 is 4.74 Å². The predicted octanol–water partition coefficient (Wildman–Crippen LogP) is 3.30. The van der Waals surface area contributed by atoms with Gasteiger partial charge in [0, 0.05) is 18.1 Å². The molecule has 0 unspecified atom stereocenters. The Kier molecular flexibility index (Phi) is 3.33. The number of methoxy groups -OCH3 is 1. The summed E-state index contributed by atoms with van der Waals surface area (Å²) in [6, 6.07) is 13.7. The second kappa shape index (κ2) is 4.91. The molecule has 2 aromatic carbocycles. The van der Waals surface area contributed by atoms with Crippen molar-refractivity contribution in [3.8, 4) is 11.5 Å². The van der Waals surface area contributed by atoms with Gasteiger partial charge in [-0.15, -0.1) is 0 Å². The van der Waals surface area contributed by atoms with Crippen LogP contribution in [0.1, 0.15) is 16.7 Å². The molecule has 2 rings (SSSR count). The molecule has 0 saturated heterocycles. The highest BCUT2D eigenvalue weighted by Crippen LogP contribution is 2.29. The van der Waals surface area contributed by atoms with E-state index in [4.69, 9.17) is 4.74 Å². The summed E-state index contributed by atoms with van der Waals surface area (Å²) in [6.07, 6.45) is 0.739. The molecule has 0 spiro atoms. The molecule has 17 heavy (non-hydrogen) atoms. The molecule has 1 N–H and O–H groups in total. The van der Waals surface area contributed by atoms with Gasteiger partial charge in [-0.2, -0.15) is 0 Å². The highest BCUT2D eigenvalue weighted by molar-refractivity contribution is 5.47. The zero-order valence-corrected chi connectivity index (χ0v) is 10.1. The third-order valence-corrected chi connectivity index (χ3v) is 2.88. The Bertz CT molecular complexity index is 481. The summed E-state index contributed by atoms with van der Waals surface area (Å²) in [5.41, 5.74) is 3.19. The second-order valence-corrected chi connectivity index (χ2v) is 4.10. The molecule has 0 aliphatic heterocycles. The van der Waals surface area contributed by atoms with Crippen LogP contribution in [0.15, 0.2) is 42.5 Å². The maximum atomic E-state index is 9.98. The summed E-state index contributed by atoms with van der Waals surface area (Å²) in [5, 5.41) is 9.98. The van der Waals surface area contributed by atoms with E-state index >= 15 is 0 Å². The molecule has 0 atom stereocenters. The van der Waals surface area contributed by atoms with Gasteiger partial charge in [0.15, 0.2) is 0 Å². The van der Waals surface area contributed by atoms with Gasteiger partial charge < -0.3 is 9.84 Å². The fraction of sp³-hybridized carbons (Fsp3) is 0.200. The Hall–Kier alpha value is -1.96. The lowest BCUT2D eigenvalue weighted by molar-refractivity contribution is 0.406. The van der Waals surface area contributed by atoms with Crippen LogP contribution in [0.25, 0.3) is 0 Å². The summed E-state index contributed by atoms with van der Waals surface area (Å²) >= 11 is 0. The highest BCUT2D eigenvalue weighted by atomic mass is 16.5. The van der Waals surface area contributed by atoms with E-state index in [0.29, 0.717) is 11.5 Å². The standard InChI is InChI=1S/C15H16O2/c1-11-8-13(17-2)10-15(16)14(11)9-12-6-4-3-5-7-12/h3-8,10,16H,9H2,1-2H3. The van der Waals surface area contributed by atoms with E-state index in [1.54, 1.807) is 13.2 Å². The largest absolute Gasteiger partial charge is 0.508 e. The summed E-state index contributed by atoms with van der Waals surface area (Å²) in [7, 11) is 1.60. The van der Waals surface area contributed by atoms with Crippen LogP contribution in [0.4, 0.5) is 0 Å². The van der Waals surface area contributed by atoms with Crippen molar-refractivity contribution in [1.82, 2.24) is 0 Å². The van der Waals surface area contributed by atoms with Crippen molar-refractivity contribution in [3.05, 3.63) is 59.2 Å². The van der Waals surface area contributed by atoms with Gasteiger partial charge in [-0.05, 0) is 24.1 Å². The molecule has 0 aliphatic rings. The van der Waals surface area contributed by atoms with Crippen LogP contribution in [0.5, 0.6) is 11.5 Å². The van der Waals surface area contributed by atoms with Crippen molar-refractivity contribution in [2.75, 3.05) is 7.11 Å². The van der Waals surface area contributed by atoms with Crippen molar-refractivity contribution in [2.45, 2.75) is 13.3 Å². The third-order valence-electron chi connectivity index (χ3n) is 2.88. The minimum atomic E-state index is 0.297. The van der Waals surface area contributed by atoms with E-state index in [1.807, 2.05) is 31.2 Å². The van der Waals surface area contributed by atoms with Gasteiger partial charge in [0.05, 0.1) is 7.11 Å². The number of aromatic hydroxyl groups is 1. The van der Waals surface area contributed by atoms with Gasteiger partial charge in [0.1, 0.15) is 11.5 Å². The zero-order chi connectivity index (χ0) is 12.3. The molecule has 88 valence electrons. The summed E-state index contributed by atoms with van der Waals surface area (Å²) in [4.78, 5) is 0. The Balaban J connectivity index is 2.33. The molecule has 0 aliphatic carbocycles. The van der Waals surface area contributed by atoms with Crippen LogP contribution in [-0.4, -0.2) is 12.2 Å². The van der Waals surface area contributed by atoms with Gasteiger partial charge in [-0.1, -0.05) is 30.3 Å². The normalized spacial score (nSPS) is 10.2. The molecule has 0 aromatic heterocycles. The lowest BCUT2D eigenvalue weighted by Crippen LogP contribution is -1.94. The Morgan fingerprint density at radius 3 is 2.41 bits per heavy atom. The molecule has 0 heterocycles. The van der Waals surface area contributed by atoms with Gasteiger partial charge in [0.2, 0.25) is 0 Å². The molecule has 0 bridgehead atoms. The fourth-order valence-electron chi connectivity index (χ4n) is 1.91. The highest BCUT2D eigenvalue weighted by Gasteiger charge is 2.08. The van der Waals surface area contributed by atoms with E-state index in [9.17, 15) is 5.11 Å². The SMILES string of the molecule is COc1cc(C)c(Cc2ccccc2)c(O)c1. The van der Waals surface area contributed by atoms with Crippen LogP contribution in [0.2, 0.25) is 0 Å². The number of aryl methyl sites for hydroxylation is 1. The van der Waals surface area contributed by atoms with Crippen molar-refractivity contribution in [3.63, 3.8) is 0 Å². The first kappa shape index (κ1) is 11.5. The van der Waals surface area contributed by atoms with Crippen LogP contribution >= 0.6 is 0 Å². The predicted molar refractivity (Wildman–Crippen MR) is 68.6 cm³/mol. The molecule has 2 heteroatoms. The quantitative estimate of drug-likeness (QED) is 0.873. The topological polar surface area (TPSA) is 29.5 Å². The monoisotopic (exact) mass is 228 g/mol. The molecular formula is C15H16O2. The molecule has 2 nitrogen and oxygen atoms in total. The van der Waals surface area contributed by atoms with Crippen molar-refractivity contribution in [1.29, 1.82) is 0 Å². The number of phenols is 1. The molecule has 2 aromatic rings.